The maximum absolute atomic E-state index is 4.24. The van der Waals surface area contributed by atoms with Gasteiger partial charge in [0.2, 0.25) is 0 Å². The Morgan fingerprint density at radius 3 is 2.89 bits per heavy atom. The van der Waals surface area contributed by atoms with E-state index in [1.807, 2.05) is 13.2 Å². The predicted octanol–water partition coefficient (Wildman–Crippen LogP) is 1.31. The van der Waals surface area contributed by atoms with Gasteiger partial charge in [-0.2, -0.15) is 0 Å². The van der Waals surface area contributed by atoms with Gasteiger partial charge in [0.25, 0.3) is 0 Å². The van der Waals surface area contributed by atoms with E-state index in [0.717, 1.165) is 25.3 Å². The Morgan fingerprint density at radius 2 is 2.21 bits per heavy atom. The molecule has 1 unspecified atom stereocenters. The molecule has 1 aromatic rings. The van der Waals surface area contributed by atoms with Gasteiger partial charge in [-0.1, -0.05) is 18.1 Å². The van der Waals surface area contributed by atoms with E-state index < -0.39 is 0 Å². The molecule has 1 N–H and O–H groups in total. The van der Waals surface area contributed by atoms with E-state index in [4.69, 9.17) is 0 Å². The van der Waals surface area contributed by atoms with Gasteiger partial charge in [-0.25, -0.2) is 0 Å². The van der Waals surface area contributed by atoms with Crippen molar-refractivity contribution in [2.75, 3.05) is 13.1 Å². The highest BCUT2D eigenvalue weighted by molar-refractivity contribution is 5.00. The Kier molecular flexibility index (Phi) is 3.58. The summed E-state index contributed by atoms with van der Waals surface area (Å²) in [5, 5.41) is 12.1. The number of nitrogens with one attached hydrogen (secondary N) is 1. The van der Waals surface area contributed by atoms with Crippen LogP contribution in [0.5, 0.6) is 0 Å². The Morgan fingerprint density at radius 1 is 1.42 bits per heavy atom. The number of aromatic nitrogens is 3. The lowest BCUT2D eigenvalue weighted by atomic mass is 9.97. The highest BCUT2D eigenvalue weighted by atomic mass is 15.4. The van der Waals surface area contributed by atoms with Crippen LogP contribution in [-0.2, 0) is 13.6 Å². The quantitative estimate of drug-likeness (QED) is 0.874. The largest absolute Gasteiger partial charge is 0.310 e. The maximum Gasteiger partial charge on any atom is 0.0967 e. The number of nitrogens with zero attached hydrogens (tertiary/aromatic N) is 4. The second-order valence-corrected chi connectivity index (χ2v) is 6.34. The first kappa shape index (κ1) is 13.1. The molecule has 106 valence electrons. The van der Waals surface area contributed by atoms with Crippen molar-refractivity contribution >= 4 is 0 Å². The van der Waals surface area contributed by atoms with Crippen molar-refractivity contribution in [1.29, 1.82) is 0 Å². The second-order valence-electron chi connectivity index (χ2n) is 6.34. The standard InChI is InChI=1S/C14H25N5/c1-12-5-8-15-14(6-3-4-7-14)11-19(12)10-13-9-18(2)17-16-13/h9,12,15H,3-8,10-11H2,1-2H3. The first-order chi connectivity index (χ1) is 9.17. The fourth-order valence-electron chi connectivity index (χ4n) is 3.60. The molecule has 19 heavy (non-hydrogen) atoms. The highest BCUT2D eigenvalue weighted by Crippen LogP contribution is 2.33. The van der Waals surface area contributed by atoms with Gasteiger partial charge in [-0.3, -0.25) is 9.58 Å². The lowest BCUT2D eigenvalue weighted by Gasteiger charge is -2.35. The molecule has 0 radical (unpaired) electrons. The Hall–Kier alpha value is -0.940. The summed E-state index contributed by atoms with van der Waals surface area (Å²) in [6, 6.07) is 0.620. The van der Waals surface area contributed by atoms with E-state index in [1.54, 1.807) is 4.68 Å². The third kappa shape index (κ3) is 2.82. The third-order valence-corrected chi connectivity index (χ3v) is 4.77. The van der Waals surface area contributed by atoms with Crippen LogP contribution in [0.15, 0.2) is 6.20 Å². The summed E-state index contributed by atoms with van der Waals surface area (Å²) in [5.74, 6) is 0. The minimum atomic E-state index is 0.368. The van der Waals surface area contributed by atoms with Crippen LogP contribution in [0.25, 0.3) is 0 Å². The molecule has 5 heteroatoms. The molecule has 1 atom stereocenters. The van der Waals surface area contributed by atoms with E-state index in [1.165, 1.54) is 32.1 Å². The first-order valence-electron chi connectivity index (χ1n) is 7.51. The van der Waals surface area contributed by atoms with Gasteiger partial charge >= 0.3 is 0 Å². The number of hydrogen-bond donors (Lipinski definition) is 1. The van der Waals surface area contributed by atoms with E-state index in [2.05, 4.69) is 27.5 Å². The van der Waals surface area contributed by atoms with Gasteiger partial charge in [0.15, 0.2) is 0 Å². The molecule has 1 aliphatic heterocycles. The molecule has 5 nitrogen and oxygen atoms in total. The SMILES string of the molecule is CC1CCNC2(CCCC2)CN1Cc1cn(C)nn1. The van der Waals surface area contributed by atoms with Crippen molar-refractivity contribution in [2.24, 2.45) is 7.05 Å². The second kappa shape index (κ2) is 5.21. The van der Waals surface area contributed by atoms with Gasteiger partial charge < -0.3 is 5.32 Å². The first-order valence-corrected chi connectivity index (χ1v) is 7.51. The maximum atomic E-state index is 4.24. The van der Waals surface area contributed by atoms with E-state index in [-0.39, 0.29) is 0 Å². The van der Waals surface area contributed by atoms with Gasteiger partial charge in [0.1, 0.15) is 0 Å². The molecule has 1 aromatic heterocycles. The van der Waals surface area contributed by atoms with Crippen molar-refractivity contribution in [3.8, 4) is 0 Å². The van der Waals surface area contributed by atoms with Crippen molar-refractivity contribution < 1.29 is 0 Å². The zero-order chi connectivity index (χ0) is 13.3. The van der Waals surface area contributed by atoms with E-state index in [0.29, 0.717) is 11.6 Å². The van der Waals surface area contributed by atoms with Crippen LogP contribution in [0, 0.1) is 0 Å². The number of rotatable bonds is 2. The smallest absolute Gasteiger partial charge is 0.0967 e. The van der Waals surface area contributed by atoms with Gasteiger partial charge in [-0.15, -0.1) is 5.10 Å². The van der Waals surface area contributed by atoms with E-state index >= 15 is 0 Å². The summed E-state index contributed by atoms with van der Waals surface area (Å²) in [5.41, 5.74) is 1.46. The summed E-state index contributed by atoms with van der Waals surface area (Å²) in [6.45, 7) is 5.58. The molecule has 2 aliphatic rings. The van der Waals surface area contributed by atoms with Crippen LogP contribution >= 0.6 is 0 Å². The minimum Gasteiger partial charge on any atom is -0.310 e. The Labute approximate surface area is 115 Å². The zero-order valence-electron chi connectivity index (χ0n) is 12.1. The molecule has 0 bridgehead atoms. The average molecular weight is 263 g/mol. The Bertz CT molecular complexity index is 421. The number of aryl methyl sites for hydroxylation is 1. The number of hydrogen-bond acceptors (Lipinski definition) is 4. The fourth-order valence-corrected chi connectivity index (χ4v) is 3.60. The van der Waals surface area contributed by atoms with Crippen LogP contribution in [0.4, 0.5) is 0 Å². The van der Waals surface area contributed by atoms with Crippen LogP contribution in [-0.4, -0.2) is 44.6 Å². The predicted molar refractivity (Wildman–Crippen MR) is 74.7 cm³/mol. The Balaban J connectivity index is 1.73. The third-order valence-electron chi connectivity index (χ3n) is 4.77. The summed E-state index contributed by atoms with van der Waals surface area (Å²) in [6.07, 6.45) is 8.67. The molecular formula is C14H25N5. The molecule has 1 saturated carbocycles. The summed E-state index contributed by atoms with van der Waals surface area (Å²) in [4.78, 5) is 2.59. The van der Waals surface area contributed by atoms with Crippen molar-refractivity contribution in [1.82, 2.24) is 25.2 Å². The topological polar surface area (TPSA) is 46.0 Å². The molecule has 1 spiro atoms. The lowest BCUT2D eigenvalue weighted by Crippen LogP contribution is -2.50. The van der Waals surface area contributed by atoms with Crippen molar-refractivity contribution in [3.05, 3.63) is 11.9 Å². The summed E-state index contributed by atoms with van der Waals surface area (Å²) >= 11 is 0. The van der Waals surface area contributed by atoms with Crippen LogP contribution in [0.2, 0.25) is 0 Å². The molecule has 0 aromatic carbocycles. The van der Waals surface area contributed by atoms with Gasteiger partial charge in [0, 0.05) is 37.9 Å². The normalized spacial score (nSPS) is 27.8. The zero-order valence-corrected chi connectivity index (χ0v) is 12.1. The molecule has 3 rings (SSSR count). The summed E-state index contributed by atoms with van der Waals surface area (Å²) < 4.78 is 1.79. The molecular weight excluding hydrogens is 238 g/mol. The van der Waals surface area contributed by atoms with Gasteiger partial charge in [-0.05, 0) is 32.7 Å². The van der Waals surface area contributed by atoms with E-state index in [9.17, 15) is 0 Å². The fraction of sp³-hybridized carbons (Fsp3) is 0.857. The lowest BCUT2D eigenvalue weighted by molar-refractivity contribution is 0.158. The molecule has 2 fully saturated rings. The van der Waals surface area contributed by atoms with Crippen LogP contribution in [0.1, 0.15) is 44.7 Å². The minimum absolute atomic E-state index is 0.368. The molecule has 1 saturated heterocycles. The molecule has 1 aliphatic carbocycles. The van der Waals surface area contributed by atoms with Crippen LogP contribution in [0.3, 0.4) is 0 Å². The van der Waals surface area contributed by atoms with Crippen molar-refractivity contribution in [3.63, 3.8) is 0 Å². The van der Waals surface area contributed by atoms with Gasteiger partial charge in [0.05, 0.1) is 5.69 Å². The highest BCUT2D eigenvalue weighted by Gasteiger charge is 2.38. The summed E-state index contributed by atoms with van der Waals surface area (Å²) in [7, 11) is 1.93. The monoisotopic (exact) mass is 263 g/mol. The molecule has 0 amide bonds. The average Bonchev–Trinajstić information content (AvgIpc) is 2.95. The van der Waals surface area contributed by atoms with Crippen LogP contribution < -0.4 is 5.32 Å². The molecule has 2 heterocycles. The van der Waals surface area contributed by atoms with Crippen molar-refractivity contribution in [2.45, 2.75) is 57.2 Å².